The number of hydrogen-bond acceptors (Lipinski definition) is 9. The predicted molar refractivity (Wildman–Crippen MR) is 149 cm³/mol. The summed E-state index contributed by atoms with van der Waals surface area (Å²) in [6, 6.07) is 9.75. The lowest BCUT2D eigenvalue weighted by Crippen LogP contribution is -2.16. The van der Waals surface area contributed by atoms with Crippen molar-refractivity contribution in [2.24, 2.45) is 0 Å². The number of rotatable bonds is 10. The molecule has 1 amide bonds. The molecule has 0 saturated carbocycles. The molecule has 3 heterocycles. The first-order valence-corrected chi connectivity index (χ1v) is 12.7. The van der Waals surface area contributed by atoms with Crippen LogP contribution >= 0.6 is 0 Å². The zero-order valence-electron chi connectivity index (χ0n) is 22.8. The largest absolute Gasteiger partial charge is 0.493 e. The Kier molecular flexibility index (Phi) is 7.90. The Morgan fingerprint density at radius 1 is 0.976 bits per heavy atom. The number of nitrogens with one attached hydrogen (secondary N) is 1. The Bertz CT molecular complexity index is 1710. The summed E-state index contributed by atoms with van der Waals surface area (Å²) in [5.41, 5.74) is 2.38. The lowest BCUT2D eigenvalue weighted by Gasteiger charge is -2.12. The van der Waals surface area contributed by atoms with Gasteiger partial charge in [0.15, 0.2) is 28.8 Å². The summed E-state index contributed by atoms with van der Waals surface area (Å²) >= 11 is 0. The van der Waals surface area contributed by atoms with Gasteiger partial charge in [0.2, 0.25) is 5.88 Å². The number of benzene rings is 2. The van der Waals surface area contributed by atoms with E-state index in [9.17, 15) is 9.18 Å². The molecule has 12 heteroatoms. The van der Waals surface area contributed by atoms with Crippen molar-refractivity contribution < 1.29 is 28.1 Å². The molecule has 0 bridgehead atoms. The van der Waals surface area contributed by atoms with Crippen LogP contribution in [0.2, 0.25) is 0 Å². The van der Waals surface area contributed by atoms with Gasteiger partial charge in [0.05, 0.1) is 51.5 Å². The maximum Gasteiger partial charge on any atom is 0.281 e. The van der Waals surface area contributed by atoms with E-state index in [1.54, 1.807) is 55.6 Å². The highest BCUT2D eigenvalue weighted by molar-refractivity contribution is 6.04. The molecule has 0 saturated heterocycles. The van der Waals surface area contributed by atoms with Crippen LogP contribution in [0.4, 0.5) is 10.2 Å². The van der Waals surface area contributed by atoms with E-state index in [2.05, 4.69) is 25.4 Å². The molecule has 0 unspecified atom stereocenters. The van der Waals surface area contributed by atoms with Gasteiger partial charge in [-0.1, -0.05) is 6.07 Å². The highest BCUT2D eigenvalue weighted by atomic mass is 19.1. The molecule has 0 aliphatic rings. The highest BCUT2D eigenvalue weighted by Crippen LogP contribution is 2.36. The van der Waals surface area contributed by atoms with Gasteiger partial charge in [-0.15, -0.1) is 0 Å². The minimum Gasteiger partial charge on any atom is -0.493 e. The summed E-state index contributed by atoms with van der Waals surface area (Å²) in [6.45, 7) is 4.31. The van der Waals surface area contributed by atoms with E-state index < -0.39 is 5.91 Å². The van der Waals surface area contributed by atoms with Crippen molar-refractivity contribution in [2.45, 2.75) is 20.4 Å². The fourth-order valence-corrected chi connectivity index (χ4v) is 4.17. The number of fused-ring (bicyclic) bond motifs is 1. The first kappa shape index (κ1) is 27.3. The number of methoxy groups -OCH3 is 2. The number of anilines is 1. The second-order valence-electron chi connectivity index (χ2n) is 8.87. The quantitative estimate of drug-likeness (QED) is 0.247. The third kappa shape index (κ3) is 6.01. The minimum atomic E-state index is -0.521. The van der Waals surface area contributed by atoms with Crippen LogP contribution in [0.5, 0.6) is 28.9 Å². The van der Waals surface area contributed by atoms with E-state index in [1.807, 2.05) is 13.8 Å². The summed E-state index contributed by atoms with van der Waals surface area (Å²) in [6.07, 6.45) is 6.01. The average Bonchev–Trinajstić information content (AvgIpc) is 3.37. The van der Waals surface area contributed by atoms with Crippen LogP contribution in [0.25, 0.3) is 10.9 Å². The summed E-state index contributed by atoms with van der Waals surface area (Å²) in [7, 11) is 3.10. The molecule has 0 fully saturated rings. The molecule has 3 aromatic heterocycles. The molecule has 5 aromatic rings. The Morgan fingerprint density at radius 2 is 1.78 bits per heavy atom. The first-order chi connectivity index (χ1) is 19.9. The van der Waals surface area contributed by atoms with Crippen molar-refractivity contribution in [3.05, 3.63) is 83.8 Å². The number of nitrogens with zero attached hydrogens (tertiary/aromatic N) is 5. The standard InChI is InChI=1S/C29H27FN6O5/c1-5-40-25-16-36(15-18-6-7-19(30)10-17(18)2)35-28(25)29(37)34-26-13-33-27(14-32-26)41-22-8-9-31-21-12-24(39-4)23(38-3)11-20(21)22/h6-14,16H,5,15H2,1-4H3,(H,32,34,37). The second kappa shape index (κ2) is 11.9. The number of carbonyl (C=O) groups is 1. The van der Waals surface area contributed by atoms with Gasteiger partial charge in [-0.3, -0.25) is 14.5 Å². The Labute approximate surface area is 234 Å². The van der Waals surface area contributed by atoms with Crippen molar-refractivity contribution >= 4 is 22.6 Å². The van der Waals surface area contributed by atoms with Crippen LogP contribution < -0.4 is 24.3 Å². The number of ether oxygens (including phenoxy) is 4. The zero-order chi connectivity index (χ0) is 28.9. The van der Waals surface area contributed by atoms with Gasteiger partial charge in [-0.05, 0) is 49.2 Å². The number of pyridine rings is 1. The molecule has 0 aliphatic carbocycles. The number of aryl methyl sites for hydroxylation is 1. The van der Waals surface area contributed by atoms with E-state index in [1.165, 1.54) is 24.5 Å². The van der Waals surface area contributed by atoms with Crippen LogP contribution in [-0.2, 0) is 6.54 Å². The van der Waals surface area contributed by atoms with Crippen molar-refractivity contribution in [3.63, 3.8) is 0 Å². The molecule has 11 nitrogen and oxygen atoms in total. The van der Waals surface area contributed by atoms with Crippen LogP contribution in [0.15, 0.2) is 61.2 Å². The normalized spacial score (nSPS) is 10.9. The van der Waals surface area contributed by atoms with Crippen LogP contribution in [0, 0.1) is 12.7 Å². The van der Waals surface area contributed by atoms with Crippen LogP contribution in [-0.4, -0.2) is 51.5 Å². The Hall–Kier alpha value is -5.26. The maximum absolute atomic E-state index is 13.5. The summed E-state index contributed by atoms with van der Waals surface area (Å²) in [5, 5.41) is 7.78. The highest BCUT2D eigenvalue weighted by Gasteiger charge is 2.20. The van der Waals surface area contributed by atoms with Gasteiger partial charge in [0.1, 0.15) is 11.6 Å². The minimum absolute atomic E-state index is 0.0846. The number of hydrogen-bond donors (Lipinski definition) is 1. The molecular formula is C29H27FN6O5. The van der Waals surface area contributed by atoms with Gasteiger partial charge in [-0.2, -0.15) is 5.10 Å². The van der Waals surface area contributed by atoms with E-state index in [4.69, 9.17) is 18.9 Å². The van der Waals surface area contributed by atoms with E-state index in [0.717, 1.165) is 11.1 Å². The average molecular weight is 559 g/mol. The van der Waals surface area contributed by atoms with Gasteiger partial charge < -0.3 is 24.3 Å². The molecule has 2 aromatic carbocycles. The third-order valence-electron chi connectivity index (χ3n) is 6.17. The summed E-state index contributed by atoms with van der Waals surface area (Å²) < 4.78 is 37.4. The monoisotopic (exact) mass is 558 g/mol. The molecule has 0 atom stereocenters. The molecule has 5 rings (SSSR count). The van der Waals surface area contributed by atoms with Gasteiger partial charge in [0.25, 0.3) is 5.91 Å². The van der Waals surface area contributed by atoms with Crippen LogP contribution in [0.3, 0.4) is 0 Å². The van der Waals surface area contributed by atoms with E-state index in [0.29, 0.717) is 47.1 Å². The van der Waals surface area contributed by atoms with Gasteiger partial charge >= 0.3 is 0 Å². The fraction of sp³-hybridized carbons (Fsp3) is 0.207. The predicted octanol–water partition coefficient (Wildman–Crippen LogP) is 5.18. The summed E-state index contributed by atoms with van der Waals surface area (Å²) in [4.78, 5) is 26.0. The lowest BCUT2D eigenvalue weighted by atomic mass is 10.1. The number of carbonyl (C=O) groups excluding carboxylic acids is 1. The SMILES string of the molecule is CCOc1cn(Cc2ccc(F)cc2C)nc1C(=O)Nc1cnc(Oc2ccnc3cc(OC)c(OC)cc23)cn1. The Balaban J connectivity index is 1.31. The molecule has 210 valence electrons. The topological polar surface area (TPSA) is 123 Å². The van der Waals surface area contributed by atoms with Crippen molar-refractivity contribution in [3.8, 4) is 28.9 Å². The van der Waals surface area contributed by atoms with Crippen molar-refractivity contribution in [2.75, 3.05) is 26.1 Å². The van der Waals surface area contributed by atoms with Crippen molar-refractivity contribution in [1.82, 2.24) is 24.7 Å². The smallest absolute Gasteiger partial charge is 0.281 e. The third-order valence-corrected chi connectivity index (χ3v) is 6.17. The van der Waals surface area contributed by atoms with Crippen LogP contribution in [0.1, 0.15) is 28.5 Å². The Morgan fingerprint density at radius 3 is 2.49 bits per heavy atom. The molecule has 1 N–H and O–H groups in total. The maximum atomic E-state index is 13.5. The van der Waals surface area contributed by atoms with Gasteiger partial charge in [0, 0.05) is 17.6 Å². The number of aromatic nitrogens is 5. The molecule has 0 spiro atoms. The lowest BCUT2D eigenvalue weighted by molar-refractivity contribution is 0.101. The molecular weight excluding hydrogens is 531 g/mol. The number of amides is 1. The summed E-state index contributed by atoms with van der Waals surface area (Å²) in [5.74, 6) is 1.45. The van der Waals surface area contributed by atoms with E-state index >= 15 is 0 Å². The first-order valence-electron chi connectivity index (χ1n) is 12.7. The van der Waals surface area contributed by atoms with Crippen molar-refractivity contribution in [1.29, 1.82) is 0 Å². The van der Waals surface area contributed by atoms with Gasteiger partial charge in [-0.25, -0.2) is 14.4 Å². The van der Waals surface area contributed by atoms with E-state index in [-0.39, 0.29) is 23.2 Å². The number of halogens is 1. The molecule has 0 aliphatic heterocycles. The fourth-order valence-electron chi connectivity index (χ4n) is 4.17. The second-order valence-corrected chi connectivity index (χ2v) is 8.87. The zero-order valence-corrected chi connectivity index (χ0v) is 22.8. The molecule has 41 heavy (non-hydrogen) atoms. The molecule has 0 radical (unpaired) electrons.